The Morgan fingerprint density at radius 1 is 1.00 bits per heavy atom. The Kier molecular flexibility index (Phi) is 6.01. The number of nitrogens with zero attached hydrogens (tertiary/aromatic N) is 3. The fourth-order valence-corrected chi connectivity index (χ4v) is 4.79. The lowest BCUT2D eigenvalue weighted by Gasteiger charge is -2.26. The highest BCUT2D eigenvalue weighted by molar-refractivity contribution is 5.97. The van der Waals surface area contributed by atoms with E-state index in [1.165, 1.54) is 0 Å². The van der Waals surface area contributed by atoms with Crippen molar-refractivity contribution in [1.82, 2.24) is 19.4 Å². The van der Waals surface area contributed by atoms with Crippen LogP contribution >= 0.6 is 0 Å². The maximum absolute atomic E-state index is 12.4. The molecule has 1 N–H and O–H groups in total. The lowest BCUT2D eigenvalue weighted by Crippen LogP contribution is -2.38. The Balaban J connectivity index is 1.20. The maximum Gasteiger partial charge on any atom is 0.274 e. The summed E-state index contributed by atoms with van der Waals surface area (Å²) in [5.41, 5.74) is 5.56. The van der Waals surface area contributed by atoms with E-state index in [0.29, 0.717) is 12.1 Å². The monoisotopic (exact) mass is 480 g/mol. The average Bonchev–Trinajstić information content (AvgIpc) is 3.42. The van der Waals surface area contributed by atoms with Gasteiger partial charge in [-0.05, 0) is 54.1 Å². The molecule has 4 heterocycles. The summed E-state index contributed by atoms with van der Waals surface area (Å²) in [6.45, 7) is 5.13. The first kappa shape index (κ1) is 22.5. The Bertz CT molecular complexity index is 1580. The lowest BCUT2D eigenvalue weighted by atomic mass is 10.0. The zero-order chi connectivity index (χ0) is 24.5. The van der Waals surface area contributed by atoms with Crippen LogP contribution in [-0.2, 0) is 11.8 Å². The molecule has 1 aliphatic heterocycles. The van der Waals surface area contributed by atoms with Crippen LogP contribution in [0.25, 0.3) is 44.2 Å². The van der Waals surface area contributed by atoms with Gasteiger partial charge in [0.05, 0.1) is 24.4 Å². The van der Waals surface area contributed by atoms with Crippen molar-refractivity contribution < 1.29 is 9.47 Å². The van der Waals surface area contributed by atoms with Crippen LogP contribution in [0, 0.1) is 0 Å². The fraction of sp³-hybridized carbons (Fsp3) is 0.241. The molecule has 0 unspecified atom stereocenters. The second-order valence-corrected chi connectivity index (χ2v) is 9.16. The number of morpholine rings is 1. The molecule has 0 saturated carbocycles. The highest BCUT2D eigenvalue weighted by Gasteiger charge is 2.12. The summed E-state index contributed by atoms with van der Waals surface area (Å²) in [5.74, 6) is 0.866. The molecule has 0 amide bonds. The summed E-state index contributed by atoms with van der Waals surface area (Å²) in [6.07, 6.45) is 3.71. The summed E-state index contributed by atoms with van der Waals surface area (Å²) in [4.78, 5) is 22.7. The van der Waals surface area contributed by atoms with E-state index in [2.05, 4.69) is 40.2 Å². The third-order valence-corrected chi connectivity index (χ3v) is 6.82. The number of nitrogens with one attached hydrogen (secondary N) is 1. The fourth-order valence-electron chi connectivity index (χ4n) is 4.79. The molecular weight excluding hydrogens is 452 g/mol. The number of hydrogen-bond acceptors (Lipinski definition) is 5. The van der Waals surface area contributed by atoms with Gasteiger partial charge in [0.25, 0.3) is 5.56 Å². The zero-order valence-corrected chi connectivity index (χ0v) is 20.2. The summed E-state index contributed by atoms with van der Waals surface area (Å²) in [5, 5.41) is 1.98. The minimum Gasteiger partial charge on any atom is -0.492 e. The van der Waals surface area contributed by atoms with Crippen molar-refractivity contribution in [2.75, 3.05) is 39.5 Å². The van der Waals surface area contributed by atoms with E-state index in [1.54, 1.807) is 11.6 Å². The first-order valence-electron chi connectivity index (χ1n) is 12.3. The molecule has 0 spiro atoms. The van der Waals surface area contributed by atoms with E-state index in [-0.39, 0.29) is 5.56 Å². The van der Waals surface area contributed by atoms with Crippen LogP contribution in [0.15, 0.2) is 77.9 Å². The van der Waals surface area contributed by atoms with Gasteiger partial charge >= 0.3 is 0 Å². The first-order chi connectivity index (χ1) is 17.7. The van der Waals surface area contributed by atoms with E-state index in [4.69, 9.17) is 14.5 Å². The number of pyridine rings is 2. The Hall–Kier alpha value is -3.94. The van der Waals surface area contributed by atoms with Crippen molar-refractivity contribution in [1.29, 1.82) is 0 Å². The van der Waals surface area contributed by atoms with Gasteiger partial charge < -0.3 is 19.0 Å². The molecule has 5 aromatic rings. The van der Waals surface area contributed by atoms with Gasteiger partial charge in [-0.25, -0.2) is 4.98 Å². The second kappa shape index (κ2) is 9.60. The number of fused-ring (bicyclic) bond motifs is 2. The van der Waals surface area contributed by atoms with Crippen molar-refractivity contribution in [3.05, 3.63) is 83.4 Å². The Morgan fingerprint density at radius 3 is 2.64 bits per heavy atom. The van der Waals surface area contributed by atoms with Crippen LogP contribution < -0.4 is 10.3 Å². The molecule has 6 rings (SSSR count). The van der Waals surface area contributed by atoms with Gasteiger partial charge in [0.1, 0.15) is 17.9 Å². The van der Waals surface area contributed by atoms with E-state index in [0.717, 1.165) is 77.3 Å². The molecule has 2 aromatic carbocycles. The van der Waals surface area contributed by atoms with Crippen molar-refractivity contribution in [3.63, 3.8) is 0 Å². The molecule has 1 aliphatic rings. The van der Waals surface area contributed by atoms with E-state index in [9.17, 15) is 4.79 Å². The van der Waals surface area contributed by atoms with Crippen LogP contribution in [0.2, 0.25) is 0 Å². The van der Waals surface area contributed by atoms with Gasteiger partial charge in [-0.15, -0.1) is 0 Å². The largest absolute Gasteiger partial charge is 0.492 e. The van der Waals surface area contributed by atoms with Crippen LogP contribution in [0.4, 0.5) is 0 Å². The molecule has 0 radical (unpaired) electrons. The Morgan fingerprint density at radius 2 is 1.81 bits per heavy atom. The third-order valence-electron chi connectivity index (χ3n) is 6.82. The highest BCUT2D eigenvalue weighted by Crippen LogP contribution is 2.30. The molecule has 7 heteroatoms. The molecule has 1 saturated heterocycles. The molecule has 3 aromatic heterocycles. The van der Waals surface area contributed by atoms with Gasteiger partial charge in [-0.3, -0.25) is 9.69 Å². The van der Waals surface area contributed by atoms with Crippen LogP contribution in [0.1, 0.15) is 0 Å². The van der Waals surface area contributed by atoms with Gasteiger partial charge in [-0.1, -0.05) is 12.1 Å². The molecule has 1 fully saturated rings. The van der Waals surface area contributed by atoms with Gasteiger partial charge in [0.2, 0.25) is 0 Å². The summed E-state index contributed by atoms with van der Waals surface area (Å²) >= 11 is 0. The maximum atomic E-state index is 12.4. The standard InChI is InChI=1S/C29H28N4O3/c1-32-19-25(24-10-11-30-28(24)29(32)34)21-4-8-27-22(18-21)5-9-26(31-27)20-2-6-23(7-3-20)36-17-14-33-12-15-35-16-13-33/h2-11,18-19,30H,12-17H2,1H3. The van der Waals surface area contributed by atoms with Crippen molar-refractivity contribution in [2.45, 2.75) is 0 Å². The van der Waals surface area contributed by atoms with Gasteiger partial charge in [0, 0.05) is 61.0 Å². The topological polar surface area (TPSA) is 72.4 Å². The summed E-state index contributed by atoms with van der Waals surface area (Å²) < 4.78 is 13.0. The smallest absolute Gasteiger partial charge is 0.274 e. The van der Waals surface area contributed by atoms with Gasteiger partial charge in [-0.2, -0.15) is 0 Å². The van der Waals surface area contributed by atoms with Crippen molar-refractivity contribution in [2.24, 2.45) is 7.05 Å². The van der Waals surface area contributed by atoms with Gasteiger partial charge in [0.15, 0.2) is 0 Å². The minimum absolute atomic E-state index is 0.0284. The summed E-state index contributed by atoms with van der Waals surface area (Å²) in [7, 11) is 1.78. The zero-order valence-electron chi connectivity index (χ0n) is 20.2. The molecule has 7 nitrogen and oxygen atoms in total. The van der Waals surface area contributed by atoms with Crippen LogP contribution in [0.3, 0.4) is 0 Å². The minimum atomic E-state index is -0.0284. The van der Waals surface area contributed by atoms with E-state index in [1.807, 2.05) is 42.7 Å². The predicted molar refractivity (Wildman–Crippen MR) is 142 cm³/mol. The molecular formula is C29H28N4O3. The SMILES string of the molecule is Cn1cc(-c2ccc3nc(-c4ccc(OCCN5CCOCC5)cc4)ccc3c2)c2cc[nH]c2c1=O. The predicted octanol–water partition coefficient (Wildman–Crippen LogP) is 4.46. The molecule has 0 atom stereocenters. The summed E-state index contributed by atoms with van der Waals surface area (Å²) in [6, 6.07) is 20.5. The first-order valence-corrected chi connectivity index (χ1v) is 12.3. The number of aryl methyl sites for hydroxylation is 1. The number of ether oxygens (including phenoxy) is 2. The van der Waals surface area contributed by atoms with E-state index >= 15 is 0 Å². The average molecular weight is 481 g/mol. The normalized spacial score (nSPS) is 14.5. The third kappa shape index (κ3) is 4.39. The molecule has 0 aliphatic carbocycles. The number of rotatable bonds is 6. The number of aromatic nitrogens is 3. The van der Waals surface area contributed by atoms with E-state index < -0.39 is 0 Å². The number of hydrogen-bond donors (Lipinski definition) is 1. The van der Waals surface area contributed by atoms with Crippen LogP contribution in [-0.4, -0.2) is 58.9 Å². The number of H-pyrrole nitrogens is 1. The molecule has 36 heavy (non-hydrogen) atoms. The number of benzene rings is 2. The highest BCUT2D eigenvalue weighted by atomic mass is 16.5. The van der Waals surface area contributed by atoms with Crippen molar-refractivity contribution in [3.8, 4) is 28.1 Å². The lowest BCUT2D eigenvalue weighted by molar-refractivity contribution is 0.0322. The quantitative estimate of drug-likeness (QED) is 0.389. The molecule has 0 bridgehead atoms. The number of aromatic amines is 1. The van der Waals surface area contributed by atoms with Crippen LogP contribution in [0.5, 0.6) is 5.75 Å². The molecule has 182 valence electrons. The Labute approximate surface area is 208 Å². The van der Waals surface area contributed by atoms with Crippen molar-refractivity contribution >= 4 is 21.8 Å². The second-order valence-electron chi connectivity index (χ2n) is 9.16.